The number of halogens is 1. The highest BCUT2D eigenvalue weighted by Crippen LogP contribution is 2.22. The fourth-order valence-electron chi connectivity index (χ4n) is 1.92. The van der Waals surface area contributed by atoms with Crippen molar-refractivity contribution in [1.29, 1.82) is 0 Å². The number of aromatic hydroxyl groups is 1. The van der Waals surface area contributed by atoms with Crippen molar-refractivity contribution in [1.82, 2.24) is 0 Å². The van der Waals surface area contributed by atoms with Gasteiger partial charge in [0.15, 0.2) is 0 Å². The van der Waals surface area contributed by atoms with E-state index in [-0.39, 0.29) is 18.1 Å². The highest BCUT2D eigenvalue weighted by atomic mass is 35.5. The molecule has 1 atom stereocenters. The van der Waals surface area contributed by atoms with E-state index in [1.807, 2.05) is 0 Å². The molecule has 0 aliphatic heterocycles. The summed E-state index contributed by atoms with van der Waals surface area (Å²) in [6.07, 6.45) is -0.942. The van der Waals surface area contributed by atoms with Gasteiger partial charge in [0.25, 0.3) is 0 Å². The van der Waals surface area contributed by atoms with Gasteiger partial charge in [0.2, 0.25) is 5.91 Å². The molecule has 0 heterocycles. The van der Waals surface area contributed by atoms with E-state index in [1.54, 1.807) is 43.3 Å². The van der Waals surface area contributed by atoms with Gasteiger partial charge in [0, 0.05) is 10.7 Å². The Morgan fingerprint density at radius 2 is 1.90 bits per heavy atom. The van der Waals surface area contributed by atoms with Gasteiger partial charge >= 0.3 is 0 Å². The minimum Gasteiger partial charge on any atom is -0.508 e. The number of aliphatic hydroxyl groups is 1. The summed E-state index contributed by atoms with van der Waals surface area (Å²) in [4.78, 5) is 11.9. The first-order valence-electron chi connectivity index (χ1n) is 6.48. The zero-order chi connectivity index (χ0) is 15.4. The van der Waals surface area contributed by atoms with Crippen molar-refractivity contribution in [2.75, 3.05) is 5.32 Å². The number of nitrogens with one attached hydrogen (secondary N) is 1. The van der Waals surface area contributed by atoms with Crippen LogP contribution in [0.5, 0.6) is 5.75 Å². The third kappa shape index (κ3) is 4.21. The lowest BCUT2D eigenvalue weighted by Crippen LogP contribution is -2.15. The first-order valence-corrected chi connectivity index (χ1v) is 6.86. The van der Waals surface area contributed by atoms with Crippen LogP contribution in [0.1, 0.15) is 23.7 Å². The molecule has 2 aromatic rings. The van der Waals surface area contributed by atoms with E-state index >= 15 is 0 Å². The van der Waals surface area contributed by atoms with Crippen LogP contribution < -0.4 is 5.32 Å². The quantitative estimate of drug-likeness (QED) is 0.758. The number of aliphatic hydroxyl groups excluding tert-OH is 1. The highest BCUT2D eigenvalue weighted by Gasteiger charge is 2.13. The molecule has 0 aromatic heterocycles. The molecule has 2 rings (SSSR count). The fraction of sp³-hybridized carbons (Fsp3) is 0.188. The molecule has 1 unspecified atom stereocenters. The number of benzene rings is 2. The van der Waals surface area contributed by atoms with Gasteiger partial charge in [-0.15, -0.1) is 0 Å². The molecule has 0 saturated heterocycles. The monoisotopic (exact) mass is 305 g/mol. The number of hydrogen-bond acceptors (Lipinski definition) is 3. The standard InChI is InChI=1S/C16H16ClNO3/c1-10-8-13(6-7-14(10)19)18-16(21)9-15(20)11-2-4-12(17)5-3-11/h2-8,15,19-20H,9H2,1H3,(H,18,21). The Labute approximate surface area is 128 Å². The van der Waals surface area contributed by atoms with E-state index in [9.17, 15) is 15.0 Å². The molecular formula is C16H16ClNO3. The van der Waals surface area contributed by atoms with E-state index in [2.05, 4.69) is 5.32 Å². The van der Waals surface area contributed by atoms with Crippen LogP contribution >= 0.6 is 11.6 Å². The minimum absolute atomic E-state index is 0.0540. The highest BCUT2D eigenvalue weighted by molar-refractivity contribution is 6.30. The van der Waals surface area contributed by atoms with Crippen molar-refractivity contribution in [3.63, 3.8) is 0 Å². The van der Waals surface area contributed by atoms with Crippen molar-refractivity contribution in [3.05, 3.63) is 58.6 Å². The van der Waals surface area contributed by atoms with Crippen LogP contribution in [0.3, 0.4) is 0 Å². The van der Waals surface area contributed by atoms with Gasteiger partial charge in [-0.2, -0.15) is 0 Å². The maximum atomic E-state index is 11.9. The van der Waals surface area contributed by atoms with Crippen molar-refractivity contribution in [2.24, 2.45) is 0 Å². The minimum atomic E-state index is -0.888. The molecule has 0 fully saturated rings. The van der Waals surface area contributed by atoms with Gasteiger partial charge in [-0.1, -0.05) is 23.7 Å². The second-order valence-electron chi connectivity index (χ2n) is 4.82. The van der Waals surface area contributed by atoms with Gasteiger partial charge in [0.05, 0.1) is 12.5 Å². The van der Waals surface area contributed by atoms with Crippen LogP contribution in [0.4, 0.5) is 5.69 Å². The number of phenols is 1. The van der Waals surface area contributed by atoms with Gasteiger partial charge in [-0.3, -0.25) is 4.79 Å². The number of amides is 1. The molecule has 0 spiro atoms. The zero-order valence-electron chi connectivity index (χ0n) is 11.5. The third-order valence-electron chi connectivity index (χ3n) is 3.11. The molecule has 0 aliphatic rings. The second kappa shape index (κ2) is 6.61. The first-order chi connectivity index (χ1) is 9.95. The van der Waals surface area contributed by atoms with Crippen LogP contribution in [-0.4, -0.2) is 16.1 Å². The molecule has 1 amide bonds. The number of hydrogen-bond donors (Lipinski definition) is 3. The van der Waals surface area contributed by atoms with Crippen molar-refractivity contribution in [3.8, 4) is 5.75 Å². The van der Waals surface area contributed by atoms with Gasteiger partial charge in [-0.05, 0) is 48.4 Å². The molecule has 0 aliphatic carbocycles. The van der Waals surface area contributed by atoms with Crippen LogP contribution in [0, 0.1) is 6.92 Å². The van der Waals surface area contributed by atoms with E-state index in [0.717, 1.165) is 0 Å². The molecule has 4 nitrogen and oxygen atoms in total. The first kappa shape index (κ1) is 15.4. The van der Waals surface area contributed by atoms with Crippen molar-refractivity contribution < 1.29 is 15.0 Å². The maximum absolute atomic E-state index is 11.9. The third-order valence-corrected chi connectivity index (χ3v) is 3.37. The summed E-state index contributed by atoms with van der Waals surface area (Å²) in [5, 5.41) is 22.7. The number of aryl methyl sites for hydroxylation is 1. The average Bonchev–Trinajstić information content (AvgIpc) is 2.43. The number of phenolic OH excluding ortho intramolecular Hbond substituents is 1. The molecule has 0 saturated carbocycles. The lowest BCUT2D eigenvalue weighted by Gasteiger charge is -2.12. The van der Waals surface area contributed by atoms with E-state index < -0.39 is 6.10 Å². The number of rotatable bonds is 4. The lowest BCUT2D eigenvalue weighted by molar-refractivity contribution is -0.118. The molecule has 0 radical (unpaired) electrons. The lowest BCUT2D eigenvalue weighted by atomic mass is 10.1. The van der Waals surface area contributed by atoms with Crippen LogP contribution in [-0.2, 0) is 4.79 Å². The molecular weight excluding hydrogens is 290 g/mol. The summed E-state index contributed by atoms with van der Waals surface area (Å²) in [6.45, 7) is 1.74. The summed E-state index contributed by atoms with van der Waals surface area (Å²) in [5.41, 5.74) is 1.89. The van der Waals surface area contributed by atoms with Crippen LogP contribution in [0.25, 0.3) is 0 Å². The molecule has 0 bridgehead atoms. The van der Waals surface area contributed by atoms with Crippen LogP contribution in [0.2, 0.25) is 5.02 Å². The Morgan fingerprint density at radius 3 is 2.52 bits per heavy atom. The molecule has 5 heteroatoms. The number of carbonyl (C=O) groups excluding carboxylic acids is 1. The van der Waals surface area contributed by atoms with Gasteiger partial charge in [0.1, 0.15) is 5.75 Å². The Balaban J connectivity index is 1.97. The maximum Gasteiger partial charge on any atom is 0.227 e. The Hall–Kier alpha value is -2.04. The molecule has 2 aromatic carbocycles. The van der Waals surface area contributed by atoms with E-state index in [4.69, 9.17) is 11.6 Å². The summed E-state index contributed by atoms with van der Waals surface area (Å²) in [5.74, 6) is -0.128. The molecule has 21 heavy (non-hydrogen) atoms. The Morgan fingerprint density at radius 1 is 1.24 bits per heavy atom. The van der Waals surface area contributed by atoms with E-state index in [1.165, 1.54) is 6.07 Å². The Kier molecular flexibility index (Phi) is 4.83. The zero-order valence-corrected chi connectivity index (χ0v) is 12.3. The van der Waals surface area contributed by atoms with Gasteiger partial charge < -0.3 is 15.5 Å². The summed E-state index contributed by atoms with van der Waals surface area (Å²) in [7, 11) is 0. The van der Waals surface area contributed by atoms with Gasteiger partial charge in [-0.25, -0.2) is 0 Å². The number of anilines is 1. The largest absolute Gasteiger partial charge is 0.508 e. The molecule has 110 valence electrons. The predicted molar refractivity (Wildman–Crippen MR) is 82.5 cm³/mol. The summed E-state index contributed by atoms with van der Waals surface area (Å²) >= 11 is 5.78. The van der Waals surface area contributed by atoms with Crippen LogP contribution in [0.15, 0.2) is 42.5 Å². The molecule has 3 N–H and O–H groups in total. The SMILES string of the molecule is Cc1cc(NC(=O)CC(O)c2ccc(Cl)cc2)ccc1O. The smallest absolute Gasteiger partial charge is 0.227 e. The second-order valence-corrected chi connectivity index (χ2v) is 5.26. The van der Waals surface area contributed by atoms with Crippen molar-refractivity contribution >= 4 is 23.2 Å². The normalized spacial score (nSPS) is 12.0. The van der Waals surface area contributed by atoms with Crippen molar-refractivity contribution in [2.45, 2.75) is 19.4 Å². The predicted octanol–water partition coefficient (Wildman–Crippen LogP) is 3.42. The number of carbonyl (C=O) groups is 1. The average molecular weight is 306 g/mol. The Bertz CT molecular complexity index is 640. The topological polar surface area (TPSA) is 69.6 Å². The fourth-order valence-corrected chi connectivity index (χ4v) is 2.05. The van der Waals surface area contributed by atoms with E-state index in [0.29, 0.717) is 21.8 Å². The summed E-state index contributed by atoms with van der Waals surface area (Å²) in [6, 6.07) is 11.5. The summed E-state index contributed by atoms with van der Waals surface area (Å²) < 4.78 is 0.